The van der Waals surface area contributed by atoms with E-state index in [9.17, 15) is 0 Å². The lowest BCUT2D eigenvalue weighted by atomic mass is 10.0. The normalized spacial score (nSPS) is 13.9. The van der Waals surface area contributed by atoms with Crippen molar-refractivity contribution in [3.63, 3.8) is 0 Å². The van der Waals surface area contributed by atoms with Gasteiger partial charge < -0.3 is 5.32 Å². The van der Waals surface area contributed by atoms with E-state index >= 15 is 0 Å². The molecule has 2 heteroatoms. The van der Waals surface area contributed by atoms with Gasteiger partial charge in [-0.15, -0.1) is 0 Å². The van der Waals surface area contributed by atoms with Crippen LogP contribution < -0.4 is 5.32 Å². The molecule has 0 heterocycles. The fourth-order valence-corrected chi connectivity index (χ4v) is 1.66. The standard InChI is InChI=1S/C11H23NS/c1-6-10(8-13)7-9(2)12-11(3,4)5/h10,12-13H,2,6-8H2,1,3-5H3. The molecule has 0 radical (unpaired) electrons. The molecule has 0 aliphatic carbocycles. The summed E-state index contributed by atoms with van der Waals surface area (Å²) in [6.45, 7) is 12.7. The van der Waals surface area contributed by atoms with E-state index in [1.54, 1.807) is 0 Å². The zero-order chi connectivity index (χ0) is 10.5. The molecule has 0 aromatic heterocycles. The smallest absolute Gasteiger partial charge is 0.0286 e. The van der Waals surface area contributed by atoms with E-state index in [1.807, 2.05) is 0 Å². The Morgan fingerprint density at radius 2 is 2.00 bits per heavy atom. The molecule has 0 fully saturated rings. The molecule has 0 spiro atoms. The SMILES string of the molecule is C=C(CC(CC)CS)NC(C)(C)C. The minimum atomic E-state index is 0.131. The van der Waals surface area contributed by atoms with Gasteiger partial charge in [0.2, 0.25) is 0 Å². The van der Waals surface area contributed by atoms with Gasteiger partial charge in [0.1, 0.15) is 0 Å². The highest BCUT2D eigenvalue weighted by atomic mass is 32.1. The molecule has 0 rings (SSSR count). The van der Waals surface area contributed by atoms with Crippen molar-refractivity contribution in [1.82, 2.24) is 5.32 Å². The average molecular weight is 201 g/mol. The summed E-state index contributed by atoms with van der Waals surface area (Å²) >= 11 is 4.31. The van der Waals surface area contributed by atoms with Crippen molar-refractivity contribution in [2.24, 2.45) is 5.92 Å². The molecule has 1 unspecified atom stereocenters. The van der Waals surface area contributed by atoms with Gasteiger partial charge in [0.25, 0.3) is 0 Å². The first-order chi connectivity index (χ1) is 5.89. The van der Waals surface area contributed by atoms with E-state index in [4.69, 9.17) is 0 Å². The summed E-state index contributed by atoms with van der Waals surface area (Å²) in [5.74, 6) is 1.60. The van der Waals surface area contributed by atoms with Crippen LogP contribution in [0.5, 0.6) is 0 Å². The van der Waals surface area contributed by atoms with Crippen molar-refractivity contribution in [1.29, 1.82) is 0 Å². The maximum absolute atomic E-state index is 4.31. The molecule has 1 N–H and O–H groups in total. The second-order valence-corrected chi connectivity index (χ2v) is 5.00. The van der Waals surface area contributed by atoms with Crippen LogP contribution in [0.15, 0.2) is 12.3 Å². The largest absolute Gasteiger partial charge is 0.384 e. The van der Waals surface area contributed by atoms with Crippen LogP contribution >= 0.6 is 12.6 Å². The Balaban J connectivity index is 3.86. The molecular formula is C11H23NS. The van der Waals surface area contributed by atoms with Gasteiger partial charge in [0.15, 0.2) is 0 Å². The lowest BCUT2D eigenvalue weighted by molar-refractivity contribution is 0.442. The number of allylic oxidation sites excluding steroid dienone is 1. The fraction of sp³-hybridized carbons (Fsp3) is 0.818. The van der Waals surface area contributed by atoms with Crippen LogP contribution in [0.2, 0.25) is 0 Å². The van der Waals surface area contributed by atoms with Crippen LogP contribution in [0.3, 0.4) is 0 Å². The Hall–Kier alpha value is -0.110. The quantitative estimate of drug-likeness (QED) is 0.651. The Morgan fingerprint density at radius 1 is 1.46 bits per heavy atom. The highest BCUT2D eigenvalue weighted by Crippen LogP contribution is 2.15. The molecule has 1 atom stereocenters. The van der Waals surface area contributed by atoms with Crippen molar-refractivity contribution in [3.8, 4) is 0 Å². The third-order valence-corrected chi connectivity index (χ3v) is 2.44. The zero-order valence-electron chi connectivity index (χ0n) is 9.35. The van der Waals surface area contributed by atoms with Crippen LogP contribution in [-0.4, -0.2) is 11.3 Å². The van der Waals surface area contributed by atoms with E-state index in [0.717, 1.165) is 17.9 Å². The summed E-state index contributed by atoms with van der Waals surface area (Å²) < 4.78 is 0. The minimum Gasteiger partial charge on any atom is -0.384 e. The molecule has 78 valence electrons. The van der Waals surface area contributed by atoms with Crippen LogP contribution in [0.25, 0.3) is 0 Å². The Bertz CT molecular complexity index is 154. The molecule has 0 aromatic carbocycles. The molecule has 0 saturated heterocycles. The second kappa shape index (κ2) is 5.58. The summed E-state index contributed by atoms with van der Waals surface area (Å²) in [5.41, 5.74) is 1.26. The van der Waals surface area contributed by atoms with Gasteiger partial charge in [0, 0.05) is 11.2 Å². The van der Waals surface area contributed by atoms with Crippen LogP contribution in [0.4, 0.5) is 0 Å². The Kier molecular flexibility index (Phi) is 5.54. The Labute approximate surface area is 88.4 Å². The fourth-order valence-electron chi connectivity index (χ4n) is 1.27. The van der Waals surface area contributed by atoms with E-state index in [-0.39, 0.29) is 5.54 Å². The minimum absolute atomic E-state index is 0.131. The van der Waals surface area contributed by atoms with Gasteiger partial charge in [-0.05, 0) is 38.9 Å². The summed E-state index contributed by atoms with van der Waals surface area (Å²) in [4.78, 5) is 0. The number of hydrogen-bond donors (Lipinski definition) is 2. The van der Waals surface area contributed by atoms with Crippen molar-refractivity contribution in [2.45, 2.75) is 46.1 Å². The van der Waals surface area contributed by atoms with Gasteiger partial charge in [-0.1, -0.05) is 19.9 Å². The Morgan fingerprint density at radius 3 is 2.31 bits per heavy atom. The number of thiol groups is 1. The first kappa shape index (κ1) is 12.9. The van der Waals surface area contributed by atoms with Crippen LogP contribution in [0, 0.1) is 5.92 Å². The number of rotatable bonds is 5. The average Bonchev–Trinajstić information content (AvgIpc) is 1.96. The van der Waals surface area contributed by atoms with E-state index < -0.39 is 0 Å². The maximum Gasteiger partial charge on any atom is 0.0286 e. The van der Waals surface area contributed by atoms with Gasteiger partial charge in [-0.3, -0.25) is 0 Å². The summed E-state index contributed by atoms with van der Waals surface area (Å²) in [6, 6.07) is 0. The molecule has 0 aromatic rings. The van der Waals surface area contributed by atoms with E-state index in [1.165, 1.54) is 6.42 Å². The predicted octanol–water partition coefficient (Wildman–Crippen LogP) is 3.23. The molecule has 13 heavy (non-hydrogen) atoms. The zero-order valence-corrected chi connectivity index (χ0v) is 10.2. The lowest BCUT2D eigenvalue weighted by Crippen LogP contribution is -2.35. The van der Waals surface area contributed by atoms with Gasteiger partial charge in [-0.2, -0.15) is 12.6 Å². The van der Waals surface area contributed by atoms with Gasteiger partial charge in [0.05, 0.1) is 0 Å². The molecule has 0 amide bonds. The number of hydrogen-bond acceptors (Lipinski definition) is 2. The van der Waals surface area contributed by atoms with E-state index in [2.05, 4.69) is 52.2 Å². The predicted molar refractivity (Wildman–Crippen MR) is 64.3 cm³/mol. The van der Waals surface area contributed by atoms with Crippen molar-refractivity contribution < 1.29 is 0 Å². The second-order valence-electron chi connectivity index (χ2n) is 4.64. The van der Waals surface area contributed by atoms with Crippen LogP contribution in [-0.2, 0) is 0 Å². The van der Waals surface area contributed by atoms with Crippen molar-refractivity contribution in [2.75, 3.05) is 5.75 Å². The molecule has 0 saturated carbocycles. The van der Waals surface area contributed by atoms with E-state index in [0.29, 0.717) is 5.92 Å². The van der Waals surface area contributed by atoms with Gasteiger partial charge >= 0.3 is 0 Å². The first-order valence-corrected chi connectivity index (χ1v) is 5.59. The molecule has 1 nitrogen and oxygen atoms in total. The summed E-state index contributed by atoms with van der Waals surface area (Å²) in [6.07, 6.45) is 2.21. The first-order valence-electron chi connectivity index (χ1n) is 4.96. The lowest BCUT2D eigenvalue weighted by Gasteiger charge is -2.25. The highest BCUT2D eigenvalue weighted by molar-refractivity contribution is 7.80. The molecular weight excluding hydrogens is 178 g/mol. The van der Waals surface area contributed by atoms with Crippen molar-refractivity contribution >= 4 is 12.6 Å². The maximum atomic E-state index is 4.31. The third kappa shape index (κ3) is 7.00. The monoisotopic (exact) mass is 201 g/mol. The number of nitrogens with one attached hydrogen (secondary N) is 1. The molecule has 0 aliphatic heterocycles. The summed E-state index contributed by atoms with van der Waals surface area (Å²) in [7, 11) is 0. The third-order valence-electron chi connectivity index (χ3n) is 1.92. The molecule has 0 bridgehead atoms. The topological polar surface area (TPSA) is 12.0 Å². The van der Waals surface area contributed by atoms with Crippen molar-refractivity contribution in [3.05, 3.63) is 12.3 Å². The summed E-state index contributed by atoms with van der Waals surface area (Å²) in [5, 5.41) is 3.39. The van der Waals surface area contributed by atoms with Gasteiger partial charge in [-0.25, -0.2) is 0 Å². The highest BCUT2D eigenvalue weighted by Gasteiger charge is 2.12. The molecule has 0 aliphatic rings. The van der Waals surface area contributed by atoms with Crippen LogP contribution in [0.1, 0.15) is 40.5 Å².